The quantitative estimate of drug-likeness (QED) is 0.503. The molecule has 2 aliphatic rings. The standard InChI is InChI=1S/C11H18O/c1-7-5-10-9(11(7,3)4)6-8(2)12-10/h5,8-10H,6H2,1-4H3. The van der Waals surface area contributed by atoms with Gasteiger partial charge in [-0.3, -0.25) is 0 Å². The maximum Gasteiger partial charge on any atom is 0.0799 e. The van der Waals surface area contributed by atoms with Crippen molar-refractivity contribution in [3.8, 4) is 0 Å². The topological polar surface area (TPSA) is 9.23 Å². The fourth-order valence-corrected chi connectivity index (χ4v) is 2.52. The van der Waals surface area contributed by atoms with Crippen molar-refractivity contribution in [3.63, 3.8) is 0 Å². The van der Waals surface area contributed by atoms with Gasteiger partial charge in [0.2, 0.25) is 0 Å². The predicted molar refractivity (Wildman–Crippen MR) is 50.0 cm³/mol. The molecule has 1 saturated heterocycles. The van der Waals surface area contributed by atoms with E-state index >= 15 is 0 Å². The molecule has 0 bridgehead atoms. The van der Waals surface area contributed by atoms with Crippen LogP contribution in [-0.4, -0.2) is 12.2 Å². The van der Waals surface area contributed by atoms with Crippen molar-refractivity contribution >= 4 is 0 Å². The van der Waals surface area contributed by atoms with Crippen LogP contribution in [0.4, 0.5) is 0 Å². The molecule has 3 unspecified atom stereocenters. The van der Waals surface area contributed by atoms with Crippen LogP contribution in [0, 0.1) is 11.3 Å². The Morgan fingerprint density at radius 3 is 2.75 bits per heavy atom. The number of fused-ring (bicyclic) bond motifs is 1. The summed E-state index contributed by atoms with van der Waals surface area (Å²) in [5.74, 6) is 0.729. The van der Waals surface area contributed by atoms with E-state index in [-0.39, 0.29) is 0 Å². The summed E-state index contributed by atoms with van der Waals surface area (Å²) in [4.78, 5) is 0. The van der Waals surface area contributed by atoms with Gasteiger partial charge in [0.05, 0.1) is 12.2 Å². The summed E-state index contributed by atoms with van der Waals surface area (Å²) in [6.07, 6.45) is 4.42. The van der Waals surface area contributed by atoms with Crippen molar-refractivity contribution in [2.45, 2.75) is 46.3 Å². The van der Waals surface area contributed by atoms with E-state index in [0.717, 1.165) is 5.92 Å². The third-order valence-corrected chi connectivity index (χ3v) is 3.73. The summed E-state index contributed by atoms with van der Waals surface area (Å²) in [5, 5.41) is 0. The van der Waals surface area contributed by atoms with Crippen LogP contribution in [0.2, 0.25) is 0 Å². The molecule has 0 N–H and O–H groups in total. The molecular weight excluding hydrogens is 148 g/mol. The molecule has 1 heterocycles. The van der Waals surface area contributed by atoms with E-state index in [4.69, 9.17) is 4.74 Å². The van der Waals surface area contributed by atoms with Crippen molar-refractivity contribution in [1.29, 1.82) is 0 Å². The third kappa shape index (κ3) is 0.957. The highest BCUT2D eigenvalue weighted by molar-refractivity contribution is 5.24. The normalized spacial score (nSPS) is 44.3. The Labute approximate surface area is 74.8 Å². The molecule has 1 heteroatoms. The number of hydrogen-bond acceptors (Lipinski definition) is 1. The average molecular weight is 166 g/mol. The van der Waals surface area contributed by atoms with Gasteiger partial charge in [0, 0.05) is 0 Å². The molecule has 1 fully saturated rings. The van der Waals surface area contributed by atoms with E-state index in [0.29, 0.717) is 17.6 Å². The molecule has 0 radical (unpaired) electrons. The van der Waals surface area contributed by atoms with Crippen LogP contribution in [0.3, 0.4) is 0 Å². The minimum atomic E-state index is 0.370. The molecule has 0 saturated carbocycles. The van der Waals surface area contributed by atoms with Crippen molar-refractivity contribution in [2.24, 2.45) is 11.3 Å². The molecule has 0 aromatic carbocycles. The van der Waals surface area contributed by atoms with Gasteiger partial charge in [-0.25, -0.2) is 0 Å². The predicted octanol–water partition coefficient (Wildman–Crippen LogP) is 2.77. The summed E-state index contributed by atoms with van der Waals surface area (Å²) in [6.45, 7) is 9.08. The van der Waals surface area contributed by atoms with Crippen LogP contribution in [0.5, 0.6) is 0 Å². The number of allylic oxidation sites excluding steroid dienone is 1. The first-order valence-corrected chi connectivity index (χ1v) is 4.86. The zero-order valence-corrected chi connectivity index (χ0v) is 8.42. The molecule has 0 amide bonds. The third-order valence-electron chi connectivity index (χ3n) is 3.73. The second kappa shape index (κ2) is 2.35. The van der Waals surface area contributed by atoms with Crippen molar-refractivity contribution in [2.75, 3.05) is 0 Å². The van der Waals surface area contributed by atoms with Gasteiger partial charge < -0.3 is 4.74 Å². The fraction of sp³-hybridized carbons (Fsp3) is 0.818. The van der Waals surface area contributed by atoms with Crippen molar-refractivity contribution in [3.05, 3.63) is 11.6 Å². The highest BCUT2D eigenvalue weighted by Crippen LogP contribution is 2.50. The van der Waals surface area contributed by atoms with Crippen LogP contribution in [0.1, 0.15) is 34.1 Å². The van der Waals surface area contributed by atoms with Gasteiger partial charge in [0.25, 0.3) is 0 Å². The molecule has 1 nitrogen and oxygen atoms in total. The second-order valence-corrected chi connectivity index (χ2v) is 4.82. The van der Waals surface area contributed by atoms with E-state index in [1.54, 1.807) is 0 Å². The van der Waals surface area contributed by atoms with Crippen LogP contribution in [-0.2, 0) is 4.74 Å². The second-order valence-electron chi connectivity index (χ2n) is 4.82. The first-order chi connectivity index (χ1) is 5.51. The first-order valence-electron chi connectivity index (χ1n) is 4.86. The summed E-state index contributed by atoms with van der Waals surface area (Å²) in [7, 11) is 0. The molecular formula is C11H18O. The molecule has 2 rings (SSSR count). The van der Waals surface area contributed by atoms with Crippen LogP contribution >= 0.6 is 0 Å². The Balaban J connectivity index is 2.27. The minimum Gasteiger partial charge on any atom is -0.371 e. The number of rotatable bonds is 0. The van der Waals surface area contributed by atoms with E-state index < -0.39 is 0 Å². The Morgan fingerprint density at radius 1 is 1.50 bits per heavy atom. The van der Waals surface area contributed by atoms with Gasteiger partial charge in [0.1, 0.15) is 0 Å². The summed E-state index contributed by atoms with van der Waals surface area (Å²) in [5.41, 5.74) is 1.87. The Bertz CT molecular complexity index is 227. The highest BCUT2D eigenvalue weighted by atomic mass is 16.5. The fourth-order valence-electron chi connectivity index (χ4n) is 2.52. The largest absolute Gasteiger partial charge is 0.371 e. The molecule has 1 aliphatic carbocycles. The lowest BCUT2D eigenvalue weighted by molar-refractivity contribution is 0.0697. The maximum atomic E-state index is 5.81. The Kier molecular flexibility index (Phi) is 1.63. The van der Waals surface area contributed by atoms with Crippen LogP contribution in [0.15, 0.2) is 11.6 Å². The SMILES string of the molecule is CC1=CC2OC(C)CC2C1(C)C. The zero-order valence-electron chi connectivity index (χ0n) is 8.42. The zero-order chi connectivity index (χ0) is 8.93. The molecule has 12 heavy (non-hydrogen) atoms. The van der Waals surface area contributed by atoms with Gasteiger partial charge in [-0.15, -0.1) is 0 Å². The van der Waals surface area contributed by atoms with Crippen molar-refractivity contribution < 1.29 is 4.74 Å². The molecule has 0 aromatic heterocycles. The van der Waals surface area contributed by atoms with Gasteiger partial charge >= 0.3 is 0 Å². The van der Waals surface area contributed by atoms with Crippen molar-refractivity contribution in [1.82, 2.24) is 0 Å². The maximum absolute atomic E-state index is 5.81. The highest BCUT2D eigenvalue weighted by Gasteiger charge is 2.46. The average Bonchev–Trinajstić information content (AvgIpc) is 2.38. The van der Waals surface area contributed by atoms with Crippen LogP contribution in [0.25, 0.3) is 0 Å². The molecule has 0 aromatic rings. The Hall–Kier alpha value is -0.300. The summed E-state index contributed by atoms with van der Waals surface area (Å²) < 4.78 is 5.81. The molecule has 1 aliphatic heterocycles. The monoisotopic (exact) mass is 166 g/mol. The smallest absolute Gasteiger partial charge is 0.0799 e. The minimum absolute atomic E-state index is 0.370. The molecule has 68 valence electrons. The van der Waals surface area contributed by atoms with Gasteiger partial charge in [-0.2, -0.15) is 0 Å². The lowest BCUT2D eigenvalue weighted by Gasteiger charge is -2.27. The van der Waals surface area contributed by atoms with E-state index in [2.05, 4.69) is 33.8 Å². The Morgan fingerprint density at radius 2 is 2.17 bits per heavy atom. The summed E-state index contributed by atoms with van der Waals surface area (Å²) >= 11 is 0. The van der Waals surface area contributed by atoms with E-state index in [1.807, 2.05) is 0 Å². The number of hydrogen-bond donors (Lipinski definition) is 0. The first kappa shape index (κ1) is 8.31. The summed E-state index contributed by atoms with van der Waals surface area (Å²) in [6, 6.07) is 0. The molecule has 0 spiro atoms. The van der Waals surface area contributed by atoms with E-state index in [1.165, 1.54) is 12.0 Å². The number of ether oxygens (including phenoxy) is 1. The van der Waals surface area contributed by atoms with Crippen LogP contribution < -0.4 is 0 Å². The van der Waals surface area contributed by atoms with E-state index in [9.17, 15) is 0 Å². The molecule has 3 atom stereocenters. The lowest BCUT2D eigenvalue weighted by Crippen LogP contribution is -2.23. The lowest BCUT2D eigenvalue weighted by atomic mass is 9.76. The van der Waals surface area contributed by atoms with Gasteiger partial charge in [-0.1, -0.05) is 25.5 Å². The van der Waals surface area contributed by atoms with Gasteiger partial charge in [0.15, 0.2) is 0 Å². The van der Waals surface area contributed by atoms with Gasteiger partial charge in [-0.05, 0) is 31.6 Å².